The van der Waals surface area contributed by atoms with E-state index in [1.54, 1.807) is 25.3 Å². The molecule has 134 valence electrons. The molecule has 0 aliphatic carbocycles. The standard InChI is InChI=1S/C19H23FN2O3/c1-3-22(11-12-25-17-9-7-15(20)8-10-17)14-19(23)21-16-5-4-6-18(13-16)24-2/h4-10,13H,3,11-12,14H2,1-2H3,(H,21,23). The molecular formula is C19H23FN2O3. The molecule has 0 fully saturated rings. The van der Waals surface area contributed by atoms with Crippen molar-refractivity contribution in [2.24, 2.45) is 0 Å². The van der Waals surface area contributed by atoms with E-state index in [1.165, 1.54) is 12.1 Å². The first-order valence-corrected chi connectivity index (χ1v) is 8.15. The molecular weight excluding hydrogens is 323 g/mol. The minimum absolute atomic E-state index is 0.100. The number of likely N-dealkylation sites (N-methyl/N-ethyl adjacent to an activating group) is 1. The average Bonchev–Trinajstić information content (AvgIpc) is 2.62. The Balaban J connectivity index is 1.77. The maximum atomic E-state index is 12.8. The molecule has 0 aromatic heterocycles. The molecule has 0 bridgehead atoms. The van der Waals surface area contributed by atoms with Crippen molar-refractivity contribution in [3.63, 3.8) is 0 Å². The van der Waals surface area contributed by atoms with Crippen LogP contribution in [0.25, 0.3) is 0 Å². The number of nitrogens with zero attached hydrogens (tertiary/aromatic N) is 1. The van der Waals surface area contributed by atoms with E-state index >= 15 is 0 Å². The summed E-state index contributed by atoms with van der Waals surface area (Å²) in [5.74, 6) is 0.907. The highest BCUT2D eigenvalue weighted by molar-refractivity contribution is 5.92. The van der Waals surface area contributed by atoms with Crippen molar-refractivity contribution in [2.75, 3.05) is 38.7 Å². The van der Waals surface area contributed by atoms with E-state index < -0.39 is 0 Å². The summed E-state index contributed by atoms with van der Waals surface area (Å²) in [7, 11) is 1.58. The zero-order valence-corrected chi connectivity index (χ0v) is 14.5. The number of hydrogen-bond acceptors (Lipinski definition) is 4. The van der Waals surface area contributed by atoms with E-state index in [9.17, 15) is 9.18 Å². The van der Waals surface area contributed by atoms with Crippen LogP contribution in [0.1, 0.15) is 6.92 Å². The quantitative estimate of drug-likeness (QED) is 0.758. The van der Waals surface area contributed by atoms with Crippen LogP contribution >= 0.6 is 0 Å². The summed E-state index contributed by atoms with van der Waals surface area (Å²) in [6.45, 7) is 3.99. The number of nitrogens with one attached hydrogen (secondary N) is 1. The van der Waals surface area contributed by atoms with Crippen molar-refractivity contribution < 1.29 is 18.7 Å². The van der Waals surface area contributed by atoms with E-state index in [2.05, 4.69) is 5.32 Å². The molecule has 25 heavy (non-hydrogen) atoms. The Labute approximate surface area is 147 Å². The molecule has 0 aliphatic rings. The third kappa shape index (κ3) is 6.43. The van der Waals surface area contributed by atoms with Crippen molar-refractivity contribution in [3.05, 3.63) is 54.3 Å². The molecule has 0 saturated heterocycles. The van der Waals surface area contributed by atoms with Gasteiger partial charge in [-0.1, -0.05) is 13.0 Å². The number of benzene rings is 2. The van der Waals surface area contributed by atoms with Crippen LogP contribution in [0.2, 0.25) is 0 Å². The van der Waals surface area contributed by atoms with Crippen LogP contribution in [0.15, 0.2) is 48.5 Å². The Morgan fingerprint density at radius 1 is 1.16 bits per heavy atom. The first kappa shape index (κ1) is 18.7. The van der Waals surface area contributed by atoms with E-state index in [0.29, 0.717) is 30.3 Å². The van der Waals surface area contributed by atoms with E-state index in [1.807, 2.05) is 30.0 Å². The zero-order valence-electron chi connectivity index (χ0n) is 14.5. The molecule has 0 atom stereocenters. The van der Waals surface area contributed by atoms with Gasteiger partial charge in [0.15, 0.2) is 0 Å². The highest BCUT2D eigenvalue weighted by atomic mass is 19.1. The predicted octanol–water partition coefficient (Wildman–Crippen LogP) is 3.17. The molecule has 1 N–H and O–H groups in total. The van der Waals surface area contributed by atoms with Crippen LogP contribution in [-0.4, -0.2) is 44.2 Å². The van der Waals surface area contributed by atoms with Gasteiger partial charge in [-0.25, -0.2) is 4.39 Å². The summed E-state index contributed by atoms with van der Waals surface area (Å²) < 4.78 is 23.6. The Morgan fingerprint density at radius 2 is 1.92 bits per heavy atom. The summed E-state index contributed by atoms with van der Waals surface area (Å²) in [5, 5.41) is 2.85. The summed E-state index contributed by atoms with van der Waals surface area (Å²) in [4.78, 5) is 14.1. The third-order valence-electron chi connectivity index (χ3n) is 3.66. The largest absolute Gasteiger partial charge is 0.497 e. The lowest BCUT2D eigenvalue weighted by Gasteiger charge is -2.20. The van der Waals surface area contributed by atoms with Gasteiger partial charge in [-0.05, 0) is 42.9 Å². The first-order chi connectivity index (χ1) is 12.1. The number of carbonyl (C=O) groups excluding carboxylic acids is 1. The second-order valence-electron chi connectivity index (χ2n) is 5.45. The van der Waals surface area contributed by atoms with Crippen molar-refractivity contribution >= 4 is 11.6 Å². The van der Waals surface area contributed by atoms with Gasteiger partial charge in [0.2, 0.25) is 5.91 Å². The van der Waals surface area contributed by atoms with Gasteiger partial charge in [0.25, 0.3) is 0 Å². The third-order valence-corrected chi connectivity index (χ3v) is 3.66. The van der Waals surface area contributed by atoms with Crippen LogP contribution in [0.5, 0.6) is 11.5 Å². The predicted molar refractivity (Wildman–Crippen MR) is 95.6 cm³/mol. The molecule has 0 aliphatic heterocycles. The van der Waals surface area contributed by atoms with Crippen LogP contribution in [0.4, 0.5) is 10.1 Å². The minimum atomic E-state index is -0.295. The van der Waals surface area contributed by atoms with Crippen molar-refractivity contribution in [2.45, 2.75) is 6.92 Å². The second-order valence-corrected chi connectivity index (χ2v) is 5.45. The maximum absolute atomic E-state index is 12.8. The fourth-order valence-electron chi connectivity index (χ4n) is 2.28. The zero-order chi connectivity index (χ0) is 18.1. The molecule has 0 heterocycles. The fourth-order valence-corrected chi connectivity index (χ4v) is 2.28. The smallest absolute Gasteiger partial charge is 0.238 e. The van der Waals surface area contributed by atoms with Crippen molar-refractivity contribution in [1.82, 2.24) is 4.90 Å². The molecule has 5 nitrogen and oxygen atoms in total. The lowest BCUT2D eigenvalue weighted by Crippen LogP contribution is -2.35. The topological polar surface area (TPSA) is 50.8 Å². The fraction of sp³-hybridized carbons (Fsp3) is 0.316. The highest BCUT2D eigenvalue weighted by Crippen LogP contribution is 2.16. The second kappa shape index (κ2) is 9.64. The van der Waals surface area contributed by atoms with Crippen molar-refractivity contribution in [3.8, 4) is 11.5 Å². The van der Waals surface area contributed by atoms with Gasteiger partial charge < -0.3 is 14.8 Å². The van der Waals surface area contributed by atoms with Gasteiger partial charge in [-0.15, -0.1) is 0 Å². The number of methoxy groups -OCH3 is 1. The van der Waals surface area contributed by atoms with Crippen LogP contribution in [0, 0.1) is 5.82 Å². The minimum Gasteiger partial charge on any atom is -0.497 e. The SMILES string of the molecule is CCN(CCOc1ccc(F)cc1)CC(=O)Nc1cccc(OC)c1. The molecule has 0 radical (unpaired) electrons. The first-order valence-electron chi connectivity index (χ1n) is 8.15. The van der Waals surface area contributed by atoms with Gasteiger partial charge in [0, 0.05) is 18.3 Å². The monoisotopic (exact) mass is 346 g/mol. The Kier molecular flexibility index (Phi) is 7.22. The molecule has 2 aromatic carbocycles. The summed E-state index contributed by atoms with van der Waals surface area (Å²) in [5.41, 5.74) is 0.697. The number of carbonyl (C=O) groups is 1. The number of rotatable bonds is 9. The van der Waals surface area contributed by atoms with Crippen LogP contribution in [0.3, 0.4) is 0 Å². The van der Waals surface area contributed by atoms with E-state index in [0.717, 1.165) is 6.54 Å². The number of halogens is 1. The molecule has 2 rings (SSSR count). The Bertz CT molecular complexity index is 677. The van der Waals surface area contributed by atoms with Gasteiger partial charge in [0.05, 0.1) is 13.7 Å². The lowest BCUT2D eigenvalue weighted by atomic mass is 10.3. The van der Waals surface area contributed by atoms with Gasteiger partial charge >= 0.3 is 0 Å². The molecule has 1 amide bonds. The summed E-state index contributed by atoms with van der Waals surface area (Å²) in [6.07, 6.45) is 0. The number of hydrogen-bond donors (Lipinski definition) is 1. The van der Waals surface area contributed by atoms with Gasteiger partial charge in [0.1, 0.15) is 23.9 Å². The number of ether oxygens (including phenoxy) is 2. The van der Waals surface area contributed by atoms with Gasteiger partial charge in [-0.2, -0.15) is 0 Å². The summed E-state index contributed by atoms with van der Waals surface area (Å²) in [6, 6.07) is 13.1. The number of amides is 1. The Hall–Kier alpha value is -2.60. The average molecular weight is 346 g/mol. The van der Waals surface area contributed by atoms with E-state index in [-0.39, 0.29) is 18.3 Å². The highest BCUT2D eigenvalue weighted by Gasteiger charge is 2.10. The van der Waals surface area contributed by atoms with E-state index in [4.69, 9.17) is 9.47 Å². The maximum Gasteiger partial charge on any atom is 0.238 e. The molecule has 0 saturated carbocycles. The van der Waals surface area contributed by atoms with Crippen LogP contribution in [-0.2, 0) is 4.79 Å². The van der Waals surface area contributed by atoms with Crippen molar-refractivity contribution in [1.29, 1.82) is 0 Å². The molecule has 0 spiro atoms. The molecule has 0 unspecified atom stereocenters. The Morgan fingerprint density at radius 3 is 2.60 bits per heavy atom. The normalized spacial score (nSPS) is 10.6. The summed E-state index contributed by atoms with van der Waals surface area (Å²) >= 11 is 0. The lowest BCUT2D eigenvalue weighted by molar-refractivity contribution is -0.117. The number of anilines is 1. The molecule has 2 aromatic rings. The molecule has 6 heteroatoms. The van der Waals surface area contributed by atoms with Gasteiger partial charge in [-0.3, -0.25) is 9.69 Å². The van der Waals surface area contributed by atoms with Crippen LogP contribution < -0.4 is 14.8 Å².